The van der Waals surface area contributed by atoms with Crippen LogP contribution < -0.4 is 9.73 Å². The maximum absolute atomic E-state index is 13.4. The molecule has 0 heterocycles. The number of hydrazone groups is 1. The number of hydrogen-bond acceptors (Lipinski definition) is 6. The number of halogens is 2. The molecule has 0 saturated carbocycles. The quantitative estimate of drug-likeness (QED) is 0.265. The van der Waals surface area contributed by atoms with Gasteiger partial charge in [0, 0.05) is 22.2 Å². The number of benzene rings is 3. The van der Waals surface area contributed by atoms with E-state index in [1.807, 2.05) is 6.92 Å². The summed E-state index contributed by atoms with van der Waals surface area (Å²) in [6, 6.07) is 15.9. The Bertz CT molecular complexity index is 1320. The van der Waals surface area contributed by atoms with Crippen molar-refractivity contribution in [3.63, 3.8) is 0 Å². The van der Waals surface area contributed by atoms with E-state index >= 15 is 0 Å². The number of sulfonamides is 1. The van der Waals surface area contributed by atoms with Crippen molar-refractivity contribution in [2.24, 2.45) is 5.10 Å². The van der Waals surface area contributed by atoms with Crippen molar-refractivity contribution < 1.29 is 18.1 Å². The van der Waals surface area contributed by atoms with Gasteiger partial charge in [-0.25, -0.2) is 13.8 Å². The van der Waals surface area contributed by atoms with Crippen molar-refractivity contribution in [2.45, 2.75) is 11.8 Å². The Kier molecular flexibility index (Phi) is 7.87. The molecule has 0 aromatic heterocycles. The number of nitro benzene ring substituents is 1. The number of nitro groups is 1. The maximum Gasteiger partial charge on any atom is 0.269 e. The number of carbonyl (C=O) groups excluding carboxylic acids is 1. The van der Waals surface area contributed by atoms with Gasteiger partial charge in [0.25, 0.3) is 21.6 Å². The third-order valence-corrected chi connectivity index (χ3v) is 6.76. The van der Waals surface area contributed by atoms with E-state index in [2.05, 4.69) is 10.5 Å². The molecule has 0 aliphatic heterocycles. The molecule has 1 amide bonds. The number of non-ortho nitro benzene ring substituents is 1. The van der Waals surface area contributed by atoms with E-state index in [9.17, 15) is 23.3 Å². The molecule has 176 valence electrons. The standard InChI is InChI=1S/C22H18Cl2N4O5S/c1-15-2-8-21(9-3-15)34(32,33)27(20-11-17(23)10-18(24)12-20)14-22(29)26-25-13-16-4-6-19(7-5-16)28(30)31/h2-13H,14H2,1H3,(H,26,29)/b25-13-. The van der Waals surface area contributed by atoms with Gasteiger partial charge in [0.05, 0.1) is 21.7 Å². The zero-order valence-electron chi connectivity index (χ0n) is 17.7. The Morgan fingerprint density at radius 2 is 1.65 bits per heavy atom. The number of rotatable bonds is 8. The number of nitrogens with one attached hydrogen (secondary N) is 1. The lowest BCUT2D eigenvalue weighted by atomic mass is 10.2. The van der Waals surface area contributed by atoms with Crippen molar-refractivity contribution in [3.8, 4) is 0 Å². The van der Waals surface area contributed by atoms with E-state index < -0.39 is 27.4 Å². The van der Waals surface area contributed by atoms with Gasteiger partial charge in [-0.1, -0.05) is 40.9 Å². The molecule has 0 unspecified atom stereocenters. The number of amides is 1. The van der Waals surface area contributed by atoms with Crippen LogP contribution in [0, 0.1) is 17.0 Å². The normalized spacial score (nSPS) is 11.4. The van der Waals surface area contributed by atoms with Crippen LogP contribution in [0.5, 0.6) is 0 Å². The van der Waals surface area contributed by atoms with Gasteiger partial charge in [0.1, 0.15) is 6.54 Å². The molecule has 3 aromatic rings. The number of hydrogen-bond donors (Lipinski definition) is 1. The summed E-state index contributed by atoms with van der Waals surface area (Å²) in [6.07, 6.45) is 1.27. The molecule has 9 nitrogen and oxygen atoms in total. The highest BCUT2D eigenvalue weighted by Gasteiger charge is 2.27. The third kappa shape index (κ3) is 6.31. The van der Waals surface area contributed by atoms with Gasteiger partial charge in [-0.15, -0.1) is 0 Å². The molecule has 0 fully saturated rings. The van der Waals surface area contributed by atoms with E-state index in [0.717, 1.165) is 9.87 Å². The van der Waals surface area contributed by atoms with Crippen LogP contribution in [0.3, 0.4) is 0 Å². The molecule has 0 atom stereocenters. The van der Waals surface area contributed by atoms with Crippen LogP contribution in [-0.2, 0) is 14.8 Å². The minimum atomic E-state index is -4.15. The highest BCUT2D eigenvalue weighted by Crippen LogP contribution is 2.29. The Morgan fingerprint density at radius 1 is 1.06 bits per heavy atom. The molecule has 12 heteroatoms. The summed E-state index contributed by atoms with van der Waals surface area (Å²) in [7, 11) is -4.15. The van der Waals surface area contributed by atoms with E-state index in [1.165, 1.54) is 60.8 Å². The third-order valence-electron chi connectivity index (χ3n) is 4.54. The van der Waals surface area contributed by atoms with Gasteiger partial charge in [0.15, 0.2) is 0 Å². The zero-order valence-corrected chi connectivity index (χ0v) is 20.0. The van der Waals surface area contributed by atoms with E-state index in [-0.39, 0.29) is 26.3 Å². The fraction of sp³-hybridized carbons (Fsp3) is 0.0909. The molecule has 3 rings (SSSR count). The summed E-state index contributed by atoms with van der Waals surface area (Å²) in [5.74, 6) is -0.732. The second-order valence-electron chi connectivity index (χ2n) is 7.09. The van der Waals surface area contributed by atoms with E-state index in [4.69, 9.17) is 23.2 Å². The van der Waals surface area contributed by atoms with Crippen LogP contribution >= 0.6 is 23.2 Å². The topological polar surface area (TPSA) is 122 Å². The number of nitrogens with zero attached hydrogens (tertiary/aromatic N) is 3. The molecule has 0 saturated heterocycles. The largest absolute Gasteiger partial charge is 0.271 e. The van der Waals surface area contributed by atoms with Crippen molar-refractivity contribution in [1.82, 2.24) is 5.43 Å². The first-order chi connectivity index (χ1) is 16.1. The lowest BCUT2D eigenvalue weighted by molar-refractivity contribution is -0.384. The minimum absolute atomic E-state index is 0.0172. The molecule has 0 spiro atoms. The highest BCUT2D eigenvalue weighted by atomic mass is 35.5. The predicted octanol–water partition coefficient (Wildman–Crippen LogP) is 4.56. The molecule has 0 aliphatic rings. The zero-order chi connectivity index (χ0) is 24.9. The van der Waals surface area contributed by atoms with Gasteiger partial charge < -0.3 is 0 Å². The number of carbonyl (C=O) groups is 1. The Labute approximate surface area is 205 Å². The number of anilines is 1. The van der Waals surface area contributed by atoms with Gasteiger partial charge >= 0.3 is 0 Å². The average molecular weight is 521 g/mol. The second kappa shape index (κ2) is 10.6. The summed E-state index contributed by atoms with van der Waals surface area (Å²) in [6.45, 7) is 1.21. The molecule has 0 radical (unpaired) electrons. The Balaban J connectivity index is 1.84. The first kappa shape index (κ1) is 25.2. The lowest BCUT2D eigenvalue weighted by Crippen LogP contribution is -2.39. The van der Waals surface area contributed by atoms with Crippen LogP contribution in [0.25, 0.3) is 0 Å². The lowest BCUT2D eigenvalue weighted by Gasteiger charge is -2.24. The summed E-state index contributed by atoms with van der Waals surface area (Å²) in [5, 5.41) is 14.9. The smallest absolute Gasteiger partial charge is 0.269 e. The van der Waals surface area contributed by atoms with Crippen LogP contribution in [-0.4, -0.2) is 32.0 Å². The van der Waals surface area contributed by atoms with E-state index in [1.54, 1.807) is 12.1 Å². The van der Waals surface area contributed by atoms with Crippen molar-refractivity contribution in [1.29, 1.82) is 0 Å². The maximum atomic E-state index is 13.4. The monoisotopic (exact) mass is 520 g/mol. The fourth-order valence-electron chi connectivity index (χ4n) is 2.86. The Morgan fingerprint density at radius 3 is 2.21 bits per heavy atom. The summed E-state index contributed by atoms with van der Waals surface area (Å²) in [4.78, 5) is 22.7. The molecular formula is C22H18Cl2N4O5S. The van der Waals surface area contributed by atoms with Gasteiger partial charge in [-0.2, -0.15) is 5.10 Å². The van der Waals surface area contributed by atoms with E-state index in [0.29, 0.717) is 5.56 Å². The molecular weight excluding hydrogens is 503 g/mol. The van der Waals surface area contributed by atoms with Gasteiger partial charge in [0.2, 0.25) is 0 Å². The summed E-state index contributed by atoms with van der Waals surface area (Å²) < 4.78 is 27.6. The molecule has 0 aliphatic carbocycles. The number of aryl methyl sites for hydroxylation is 1. The summed E-state index contributed by atoms with van der Waals surface area (Å²) >= 11 is 12.1. The van der Waals surface area contributed by atoms with Gasteiger partial charge in [-0.3, -0.25) is 19.2 Å². The SMILES string of the molecule is Cc1ccc(S(=O)(=O)N(CC(=O)N/N=C\c2ccc([N+](=O)[O-])cc2)c2cc(Cl)cc(Cl)c2)cc1. The average Bonchev–Trinajstić information content (AvgIpc) is 2.77. The Hall–Kier alpha value is -3.47. The van der Waals surface area contributed by atoms with Crippen LogP contribution in [0.1, 0.15) is 11.1 Å². The van der Waals surface area contributed by atoms with Crippen molar-refractivity contribution in [2.75, 3.05) is 10.8 Å². The predicted molar refractivity (Wildman–Crippen MR) is 131 cm³/mol. The first-order valence-electron chi connectivity index (χ1n) is 9.68. The molecule has 34 heavy (non-hydrogen) atoms. The van der Waals surface area contributed by atoms with Crippen LogP contribution in [0.15, 0.2) is 76.7 Å². The molecule has 1 N–H and O–H groups in total. The van der Waals surface area contributed by atoms with Gasteiger partial charge in [-0.05, 0) is 55.0 Å². The first-order valence-corrected chi connectivity index (χ1v) is 11.9. The second-order valence-corrected chi connectivity index (χ2v) is 9.83. The fourth-order valence-corrected chi connectivity index (χ4v) is 4.78. The molecule has 0 bridgehead atoms. The minimum Gasteiger partial charge on any atom is -0.271 e. The van der Waals surface area contributed by atoms with Crippen LogP contribution in [0.2, 0.25) is 10.0 Å². The highest BCUT2D eigenvalue weighted by molar-refractivity contribution is 7.92. The summed E-state index contributed by atoms with van der Waals surface area (Å²) in [5.41, 5.74) is 3.64. The van der Waals surface area contributed by atoms with Crippen molar-refractivity contribution in [3.05, 3.63) is 98.0 Å². The van der Waals surface area contributed by atoms with Crippen LogP contribution in [0.4, 0.5) is 11.4 Å². The molecule has 3 aromatic carbocycles. The van der Waals surface area contributed by atoms with Crippen molar-refractivity contribution >= 4 is 56.7 Å².